The van der Waals surface area contributed by atoms with E-state index < -0.39 is 0 Å². The second kappa shape index (κ2) is 8.81. The summed E-state index contributed by atoms with van der Waals surface area (Å²) in [5.74, 6) is 7.09. The van der Waals surface area contributed by atoms with Gasteiger partial charge in [-0.3, -0.25) is 0 Å². The fraction of sp³-hybridized carbons (Fsp3) is 0.0909. The molecule has 9 rings (SSSR count). The average Bonchev–Trinajstić information content (AvgIpc) is 3.26. The monoisotopic (exact) mass is 568 g/mol. The van der Waals surface area contributed by atoms with Crippen molar-refractivity contribution in [3.05, 3.63) is 96.6 Å². The van der Waals surface area contributed by atoms with Crippen molar-refractivity contribution < 1.29 is 18.9 Å². The van der Waals surface area contributed by atoms with Crippen LogP contribution in [0.15, 0.2) is 101 Å². The topological polar surface area (TPSA) is 36.9 Å². The fourth-order valence-electron chi connectivity index (χ4n) is 6.31. The zero-order valence-corrected chi connectivity index (χ0v) is 24.0. The lowest BCUT2D eigenvalue weighted by atomic mass is 9.53. The standard InChI is InChI=1S/C33H22B2O4S2/c1-18(2)29-32-19(34-30-23(11-7-13-25(30)38-32)36-21-9-3-5-15-27(21)40-34)17-20-33(29)39-26-14-8-12-24-31(26)35(20)41-28-16-6-4-10-22(28)37-24/h3-18H,1-2H3. The molecule has 0 saturated heterocycles. The summed E-state index contributed by atoms with van der Waals surface area (Å²) in [6.07, 6.45) is 0. The number of para-hydroxylation sites is 2. The van der Waals surface area contributed by atoms with Crippen LogP contribution >= 0.6 is 23.2 Å². The van der Waals surface area contributed by atoms with E-state index in [9.17, 15) is 0 Å². The van der Waals surface area contributed by atoms with Crippen LogP contribution in [0.4, 0.5) is 0 Å². The van der Waals surface area contributed by atoms with Crippen LogP contribution in [0.5, 0.6) is 46.0 Å². The molecule has 0 N–H and O–H groups in total. The highest BCUT2D eigenvalue weighted by molar-refractivity contribution is 8.28. The predicted octanol–water partition coefficient (Wildman–Crippen LogP) is 7.03. The van der Waals surface area contributed by atoms with Gasteiger partial charge in [-0.05, 0) is 65.4 Å². The van der Waals surface area contributed by atoms with Crippen LogP contribution in [0.1, 0.15) is 25.3 Å². The number of ether oxygens (including phenoxy) is 4. The Morgan fingerprint density at radius 3 is 1.39 bits per heavy atom. The average molecular weight is 568 g/mol. The molecular formula is C33H22B2O4S2. The third-order valence-electron chi connectivity index (χ3n) is 8.10. The van der Waals surface area contributed by atoms with Gasteiger partial charge in [-0.2, -0.15) is 23.2 Å². The molecule has 0 atom stereocenters. The first-order chi connectivity index (χ1) is 20.1. The van der Waals surface area contributed by atoms with E-state index in [1.165, 1.54) is 0 Å². The summed E-state index contributed by atoms with van der Waals surface area (Å²) >= 11 is 3.65. The highest BCUT2D eigenvalue weighted by Gasteiger charge is 2.45. The van der Waals surface area contributed by atoms with Gasteiger partial charge in [0, 0.05) is 26.3 Å². The maximum absolute atomic E-state index is 6.81. The van der Waals surface area contributed by atoms with Gasteiger partial charge in [0.15, 0.2) is 0 Å². The Labute approximate surface area is 247 Å². The van der Waals surface area contributed by atoms with Crippen LogP contribution in [0.25, 0.3) is 0 Å². The van der Waals surface area contributed by atoms with Crippen molar-refractivity contribution in [2.75, 3.05) is 0 Å². The molecule has 0 unspecified atom stereocenters. The van der Waals surface area contributed by atoms with Gasteiger partial charge in [0.2, 0.25) is 0 Å². The minimum Gasteiger partial charge on any atom is -0.458 e. The Bertz CT molecular complexity index is 1790. The Hall–Kier alpha value is -3.87. The van der Waals surface area contributed by atoms with Crippen LogP contribution in [0, 0.1) is 0 Å². The minimum atomic E-state index is 0.00681. The van der Waals surface area contributed by atoms with Gasteiger partial charge < -0.3 is 18.9 Å². The molecule has 4 aliphatic rings. The minimum absolute atomic E-state index is 0.00681. The summed E-state index contributed by atoms with van der Waals surface area (Å²) in [5, 5.41) is 0. The Morgan fingerprint density at radius 2 is 0.927 bits per heavy atom. The highest BCUT2D eigenvalue weighted by Crippen LogP contribution is 2.48. The van der Waals surface area contributed by atoms with Crippen molar-refractivity contribution in [3.8, 4) is 46.0 Å². The molecule has 4 aliphatic heterocycles. The van der Waals surface area contributed by atoms with Gasteiger partial charge in [-0.15, -0.1) is 0 Å². The molecule has 196 valence electrons. The van der Waals surface area contributed by atoms with Crippen molar-refractivity contribution in [2.45, 2.75) is 29.6 Å². The summed E-state index contributed by atoms with van der Waals surface area (Å²) < 4.78 is 26.6. The third-order valence-corrected chi connectivity index (χ3v) is 10.7. The second-order valence-corrected chi connectivity index (χ2v) is 13.2. The van der Waals surface area contributed by atoms with Gasteiger partial charge in [-0.25, -0.2) is 0 Å². The molecule has 0 aliphatic carbocycles. The molecule has 0 radical (unpaired) electrons. The Morgan fingerprint density at radius 1 is 0.512 bits per heavy atom. The zero-order valence-electron chi connectivity index (χ0n) is 22.3. The first-order valence-electron chi connectivity index (χ1n) is 13.8. The predicted molar refractivity (Wildman–Crippen MR) is 168 cm³/mol. The van der Waals surface area contributed by atoms with E-state index in [4.69, 9.17) is 18.9 Å². The first kappa shape index (κ1) is 23.8. The van der Waals surface area contributed by atoms with Crippen molar-refractivity contribution in [3.63, 3.8) is 0 Å². The maximum Gasteiger partial charge on any atom is 0.293 e. The molecular weight excluding hydrogens is 546 g/mol. The van der Waals surface area contributed by atoms with Crippen molar-refractivity contribution >= 4 is 57.1 Å². The molecule has 0 spiro atoms. The van der Waals surface area contributed by atoms with Crippen LogP contribution in [0.2, 0.25) is 0 Å². The maximum atomic E-state index is 6.81. The number of hydrogen-bond acceptors (Lipinski definition) is 6. The zero-order chi connectivity index (χ0) is 27.2. The molecule has 0 amide bonds. The lowest BCUT2D eigenvalue weighted by Crippen LogP contribution is -2.50. The van der Waals surface area contributed by atoms with Crippen molar-refractivity contribution in [1.82, 2.24) is 0 Å². The third kappa shape index (κ3) is 3.47. The molecule has 0 aromatic heterocycles. The van der Waals surface area contributed by atoms with E-state index in [1.54, 1.807) is 0 Å². The quantitative estimate of drug-likeness (QED) is 0.202. The molecule has 8 heteroatoms. The van der Waals surface area contributed by atoms with Gasteiger partial charge in [0.05, 0.1) is 0 Å². The van der Waals surface area contributed by atoms with Crippen LogP contribution in [-0.2, 0) is 0 Å². The molecule has 5 aromatic rings. The lowest BCUT2D eigenvalue weighted by molar-refractivity contribution is 0.440. The van der Waals surface area contributed by atoms with E-state index in [-0.39, 0.29) is 17.9 Å². The van der Waals surface area contributed by atoms with Gasteiger partial charge in [0.25, 0.3) is 12.0 Å². The molecule has 4 heterocycles. The number of hydrogen-bond donors (Lipinski definition) is 0. The largest absolute Gasteiger partial charge is 0.458 e. The Balaban J connectivity index is 1.31. The van der Waals surface area contributed by atoms with E-state index >= 15 is 0 Å². The molecule has 0 fully saturated rings. The van der Waals surface area contributed by atoms with Crippen LogP contribution in [-0.4, -0.2) is 12.0 Å². The lowest BCUT2D eigenvalue weighted by Gasteiger charge is -2.34. The highest BCUT2D eigenvalue weighted by atomic mass is 32.2. The SMILES string of the molecule is CC(C)c1c2c(cc3c1Oc1cccc4c1B3Sc1ccccc1O4)B1Sc3ccccc3Oc3cccc(c31)O2. The molecule has 4 nitrogen and oxygen atoms in total. The Kier molecular flexibility index (Phi) is 5.12. The first-order valence-corrected chi connectivity index (χ1v) is 15.6. The summed E-state index contributed by atoms with van der Waals surface area (Å²) in [7, 11) is 0. The number of fused-ring (bicyclic) bond motifs is 6. The summed E-state index contributed by atoms with van der Waals surface area (Å²) in [4.78, 5) is 2.23. The van der Waals surface area contributed by atoms with E-state index in [0.29, 0.717) is 0 Å². The van der Waals surface area contributed by atoms with Crippen molar-refractivity contribution in [1.29, 1.82) is 0 Å². The van der Waals surface area contributed by atoms with Crippen molar-refractivity contribution in [2.24, 2.45) is 0 Å². The number of rotatable bonds is 1. The summed E-state index contributed by atoms with van der Waals surface area (Å²) in [5.41, 5.74) is 5.57. The normalized spacial score (nSPS) is 14.8. The number of benzene rings is 5. The molecule has 0 saturated carbocycles. The van der Waals surface area contributed by atoms with E-state index in [0.717, 1.165) is 83.2 Å². The molecule has 5 aromatic carbocycles. The van der Waals surface area contributed by atoms with Gasteiger partial charge in [-0.1, -0.05) is 56.3 Å². The smallest absolute Gasteiger partial charge is 0.293 e. The fourth-order valence-corrected chi connectivity index (χ4v) is 8.88. The van der Waals surface area contributed by atoms with Crippen LogP contribution < -0.4 is 40.8 Å². The van der Waals surface area contributed by atoms with E-state index in [2.05, 4.69) is 56.3 Å². The molecule has 0 bridgehead atoms. The summed E-state index contributed by atoms with van der Waals surface area (Å²) in [6.45, 7) is 4.44. The van der Waals surface area contributed by atoms with E-state index in [1.807, 2.05) is 71.8 Å². The van der Waals surface area contributed by atoms with Crippen LogP contribution in [0.3, 0.4) is 0 Å². The summed E-state index contributed by atoms with van der Waals surface area (Å²) in [6, 6.07) is 31.1. The second-order valence-electron chi connectivity index (χ2n) is 10.9. The molecule has 41 heavy (non-hydrogen) atoms. The van der Waals surface area contributed by atoms with Gasteiger partial charge >= 0.3 is 0 Å². The van der Waals surface area contributed by atoms with Gasteiger partial charge in [0.1, 0.15) is 46.0 Å².